The SMILES string of the molecule is CCCOC(=O)CCc1ncc[nH]1. The van der Waals surface area contributed by atoms with Gasteiger partial charge in [0.2, 0.25) is 0 Å². The molecule has 0 unspecified atom stereocenters. The zero-order valence-corrected chi connectivity index (χ0v) is 7.75. The number of esters is 1. The number of hydrogen-bond donors (Lipinski definition) is 1. The molecule has 0 aliphatic carbocycles. The highest BCUT2D eigenvalue weighted by atomic mass is 16.5. The van der Waals surface area contributed by atoms with Gasteiger partial charge in [0, 0.05) is 18.8 Å². The highest BCUT2D eigenvalue weighted by Gasteiger charge is 2.03. The van der Waals surface area contributed by atoms with E-state index >= 15 is 0 Å². The molecule has 1 heterocycles. The largest absolute Gasteiger partial charge is 0.466 e. The van der Waals surface area contributed by atoms with E-state index in [2.05, 4.69) is 9.97 Å². The average molecular weight is 182 g/mol. The number of aromatic amines is 1. The van der Waals surface area contributed by atoms with Crippen molar-refractivity contribution in [2.75, 3.05) is 6.61 Å². The molecule has 1 rings (SSSR count). The summed E-state index contributed by atoms with van der Waals surface area (Å²) in [4.78, 5) is 18.0. The molecule has 0 fully saturated rings. The van der Waals surface area contributed by atoms with Crippen molar-refractivity contribution in [2.45, 2.75) is 26.2 Å². The molecule has 0 saturated heterocycles. The van der Waals surface area contributed by atoms with Crippen LogP contribution in [0.1, 0.15) is 25.6 Å². The monoisotopic (exact) mass is 182 g/mol. The van der Waals surface area contributed by atoms with Gasteiger partial charge in [0.1, 0.15) is 5.82 Å². The molecule has 0 radical (unpaired) electrons. The highest BCUT2D eigenvalue weighted by Crippen LogP contribution is 1.97. The molecule has 1 N–H and O–H groups in total. The molecule has 0 saturated carbocycles. The molecule has 0 aromatic carbocycles. The van der Waals surface area contributed by atoms with Crippen molar-refractivity contribution in [1.82, 2.24) is 9.97 Å². The summed E-state index contributed by atoms with van der Waals surface area (Å²) in [6.45, 7) is 2.48. The predicted octanol–water partition coefficient (Wildman–Crippen LogP) is 1.30. The molecular formula is C9H14N2O2. The first kappa shape index (κ1) is 9.77. The standard InChI is InChI=1S/C9H14N2O2/c1-2-7-13-9(12)4-3-8-10-5-6-11-8/h5-6H,2-4,7H2,1H3,(H,10,11). The Morgan fingerprint density at radius 1 is 1.69 bits per heavy atom. The summed E-state index contributed by atoms with van der Waals surface area (Å²) in [5.74, 6) is 0.673. The Labute approximate surface area is 77.3 Å². The van der Waals surface area contributed by atoms with Gasteiger partial charge in [-0.05, 0) is 6.42 Å². The molecule has 0 aliphatic rings. The maximum Gasteiger partial charge on any atom is 0.306 e. The van der Waals surface area contributed by atoms with E-state index in [0.29, 0.717) is 19.4 Å². The minimum absolute atomic E-state index is 0.154. The maximum atomic E-state index is 11.0. The first-order valence-electron chi connectivity index (χ1n) is 4.46. The quantitative estimate of drug-likeness (QED) is 0.698. The third-order valence-corrected chi connectivity index (χ3v) is 1.59. The second kappa shape index (κ2) is 5.35. The number of carbonyl (C=O) groups is 1. The lowest BCUT2D eigenvalue weighted by Crippen LogP contribution is -2.06. The number of H-pyrrole nitrogens is 1. The second-order valence-electron chi connectivity index (χ2n) is 2.76. The van der Waals surface area contributed by atoms with Crippen LogP contribution in [0.15, 0.2) is 12.4 Å². The Morgan fingerprint density at radius 2 is 2.54 bits per heavy atom. The Morgan fingerprint density at radius 3 is 3.15 bits per heavy atom. The number of nitrogens with one attached hydrogen (secondary N) is 1. The predicted molar refractivity (Wildman–Crippen MR) is 48.2 cm³/mol. The van der Waals surface area contributed by atoms with Gasteiger partial charge >= 0.3 is 5.97 Å². The minimum atomic E-state index is -0.154. The van der Waals surface area contributed by atoms with Gasteiger partial charge in [-0.15, -0.1) is 0 Å². The summed E-state index contributed by atoms with van der Waals surface area (Å²) in [7, 11) is 0. The number of carbonyl (C=O) groups excluding carboxylic acids is 1. The molecule has 0 spiro atoms. The smallest absolute Gasteiger partial charge is 0.306 e. The van der Waals surface area contributed by atoms with Crippen LogP contribution in [0.2, 0.25) is 0 Å². The van der Waals surface area contributed by atoms with Crippen LogP contribution in [-0.2, 0) is 16.0 Å². The molecule has 0 aliphatic heterocycles. The Bertz CT molecular complexity index is 244. The third kappa shape index (κ3) is 3.73. The second-order valence-corrected chi connectivity index (χ2v) is 2.76. The summed E-state index contributed by atoms with van der Waals surface area (Å²) in [6, 6.07) is 0. The Balaban J connectivity index is 2.15. The van der Waals surface area contributed by atoms with Gasteiger partial charge < -0.3 is 9.72 Å². The number of hydrogen-bond acceptors (Lipinski definition) is 3. The number of ether oxygens (including phenoxy) is 1. The number of aromatic nitrogens is 2. The van der Waals surface area contributed by atoms with E-state index in [4.69, 9.17) is 4.74 Å². The topological polar surface area (TPSA) is 55.0 Å². The first-order chi connectivity index (χ1) is 6.33. The van der Waals surface area contributed by atoms with Crippen molar-refractivity contribution in [1.29, 1.82) is 0 Å². The van der Waals surface area contributed by atoms with Crippen LogP contribution >= 0.6 is 0 Å². The fraction of sp³-hybridized carbons (Fsp3) is 0.556. The molecule has 4 heteroatoms. The molecule has 1 aromatic rings. The fourth-order valence-electron chi connectivity index (χ4n) is 0.943. The fourth-order valence-corrected chi connectivity index (χ4v) is 0.943. The Hall–Kier alpha value is -1.32. The first-order valence-corrected chi connectivity index (χ1v) is 4.46. The van der Waals surface area contributed by atoms with Crippen LogP contribution < -0.4 is 0 Å². The molecule has 72 valence electrons. The molecule has 1 aromatic heterocycles. The van der Waals surface area contributed by atoms with E-state index in [1.165, 1.54) is 0 Å². The molecule has 4 nitrogen and oxygen atoms in total. The molecule has 0 atom stereocenters. The van der Waals surface area contributed by atoms with Gasteiger partial charge in [-0.1, -0.05) is 6.92 Å². The van der Waals surface area contributed by atoms with E-state index in [0.717, 1.165) is 12.2 Å². The Kier molecular flexibility index (Phi) is 4.02. The summed E-state index contributed by atoms with van der Waals surface area (Å²) >= 11 is 0. The summed E-state index contributed by atoms with van der Waals surface area (Å²) in [5.41, 5.74) is 0. The lowest BCUT2D eigenvalue weighted by atomic mass is 10.3. The zero-order chi connectivity index (χ0) is 9.52. The van der Waals surface area contributed by atoms with E-state index in [-0.39, 0.29) is 5.97 Å². The van der Waals surface area contributed by atoms with Gasteiger partial charge in [0.05, 0.1) is 13.0 Å². The minimum Gasteiger partial charge on any atom is -0.466 e. The van der Waals surface area contributed by atoms with Crippen LogP contribution in [-0.4, -0.2) is 22.5 Å². The van der Waals surface area contributed by atoms with E-state index in [1.54, 1.807) is 12.4 Å². The number of imidazole rings is 1. The maximum absolute atomic E-state index is 11.0. The van der Waals surface area contributed by atoms with E-state index in [1.807, 2.05) is 6.92 Å². The van der Waals surface area contributed by atoms with Crippen molar-refractivity contribution in [3.63, 3.8) is 0 Å². The van der Waals surface area contributed by atoms with Gasteiger partial charge in [-0.2, -0.15) is 0 Å². The summed E-state index contributed by atoms with van der Waals surface area (Å²) in [6.07, 6.45) is 5.30. The zero-order valence-electron chi connectivity index (χ0n) is 7.75. The van der Waals surface area contributed by atoms with Crippen LogP contribution in [0.5, 0.6) is 0 Å². The van der Waals surface area contributed by atoms with Crippen LogP contribution in [0.25, 0.3) is 0 Å². The van der Waals surface area contributed by atoms with Crippen LogP contribution in [0.4, 0.5) is 0 Å². The lowest BCUT2D eigenvalue weighted by molar-refractivity contribution is -0.143. The van der Waals surface area contributed by atoms with Crippen molar-refractivity contribution >= 4 is 5.97 Å². The number of nitrogens with zero attached hydrogens (tertiary/aromatic N) is 1. The van der Waals surface area contributed by atoms with E-state index in [9.17, 15) is 4.79 Å². The van der Waals surface area contributed by atoms with E-state index < -0.39 is 0 Å². The molecular weight excluding hydrogens is 168 g/mol. The average Bonchev–Trinajstić information content (AvgIpc) is 2.64. The van der Waals surface area contributed by atoms with Gasteiger partial charge in [0.25, 0.3) is 0 Å². The number of aryl methyl sites for hydroxylation is 1. The van der Waals surface area contributed by atoms with Crippen molar-refractivity contribution in [2.24, 2.45) is 0 Å². The van der Waals surface area contributed by atoms with Crippen molar-refractivity contribution in [3.8, 4) is 0 Å². The van der Waals surface area contributed by atoms with Crippen molar-refractivity contribution in [3.05, 3.63) is 18.2 Å². The molecule has 0 bridgehead atoms. The van der Waals surface area contributed by atoms with Gasteiger partial charge in [-0.25, -0.2) is 4.98 Å². The number of rotatable bonds is 5. The van der Waals surface area contributed by atoms with Gasteiger partial charge in [-0.3, -0.25) is 4.79 Å². The summed E-state index contributed by atoms with van der Waals surface area (Å²) in [5, 5.41) is 0. The van der Waals surface area contributed by atoms with Gasteiger partial charge in [0.15, 0.2) is 0 Å². The van der Waals surface area contributed by atoms with Crippen molar-refractivity contribution < 1.29 is 9.53 Å². The summed E-state index contributed by atoms with van der Waals surface area (Å²) < 4.78 is 4.91. The lowest BCUT2D eigenvalue weighted by Gasteiger charge is -2.00. The van der Waals surface area contributed by atoms with Crippen LogP contribution in [0, 0.1) is 0 Å². The third-order valence-electron chi connectivity index (χ3n) is 1.59. The highest BCUT2D eigenvalue weighted by molar-refractivity contribution is 5.69. The van der Waals surface area contributed by atoms with Crippen LogP contribution in [0.3, 0.4) is 0 Å². The molecule has 0 amide bonds. The normalized spacial score (nSPS) is 9.92. The molecule has 13 heavy (non-hydrogen) atoms.